The van der Waals surface area contributed by atoms with Crippen LogP contribution in [0.15, 0.2) is 60.7 Å². The lowest BCUT2D eigenvalue weighted by atomic mass is 9.96. The third-order valence-electron chi connectivity index (χ3n) is 6.23. The highest BCUT2D eigenvalue weighted by molar-refractivity contribution is 5.86. The van der Waals surface area contributed by atoms with Crippen molar-refractivity contribution in [3.05, 3.63) is 77.6 Å². The molecule has 4 rings (SSSR count). The zero-order chi connectivity index (χ0) is 21.8. The molecule has 0 spiro atoms. The van der Waals surface area contributed by atoms with Crippen molar-refractivity contribution in [2.24, 2.45) is 0 Å². The molecule has 0 amide bonds. The van der Waals surface area contributed by atoms with Crippen LogP contribution in [0.2, 0.25) is 0 Å². The fourth-order valence-corrected chi connectivity index (χ4v) is 4.58. The van der Waals surface area contributed by atoms with Crippen molar-refractivity contribution in [3.63, 3.8) is 0 Å². The molecule has 1 aliphatic rings. The maximum absolute atomic E-state index is 14.2. The lowest BCUT2D eigenvalue weighted by Gasteiger charge is -2.22. The van der Waals surface area contributed by atoms with Crippen LogP contribution in [0.3, 0.4) is 0 Å². The molecule has 0 saturated heterocycles. The monoisotopic (exact) mass is 421 g/mol. The van der Waals surface area contributed by atoms with E-state index in [0.29, 0.717) is 23.1 Å². The van der Waals surface area contributed by atoms with Crippen LogP contribution < -0.4 is 10.1 Å². The zero-order valence-electron chi connectivity index (χ0n) is 17.9. The van der Waals surface area contributed by atoms with Gasteiger partial charge in [0.1, 0.15) is 11.6 Å². The Bertz CT molecular complexity index is 1050. The molecular weight excluding hydrogens is 393 g/mol. The zero-order valence-corrected chi connectivity index (χ0v) is 17.9. The summed E-state index contributed by atoms with van der Waals surface area (Å²) in [6.07, 6.45) is 3.29. The summed E-state index contributed by atoms with van der Waals surface area (Å²) >= 11 is 0. The van der Waals surface area contributed by atoms with Crippen molar-refractivity contribution in [2.75, 3.05) is 13.7 Å². The van der Waals surface area contributed by atoms with Gasteiger partial charge in [0, 0.05) is 17.5 Å². The standard InChI is InChI=1S/C26H28FNO3/c1-17(22-13-14-25(27)24-6-4-3-5-23(22)24)28-20-10-7-19(15-20)18-8-11-21(12-9-18)31-16-26(29)30-2/h3-6,8-9,11-14,17,19-20,28H,7,10,15-16H2,1-2H3/t17-,19-,20?/m1/s1. The van der Waals surface area contributed by atoms with Gasteiger partial charge in [-0.2, -0.15) is 0 Å². The summed E-state index contributed by atoms with van der Waals surface area (Å²) in [6, 6.07) is 19.7. The Labute approximate surface area is 182 Å². The molecule has 0 aliphatic heterocycles. The Morgan fingerprint density at radius 2 is 1.81 bits per heavy atom. The molecule has 1 saturated carbocycles. The normalized spacial score (nSPS) is 19.3. The number of esters is 1. The van der Waals surface area contributed by atoms with Gasteiger partial charge in [0.2, 0.25) is 0 Å². The molecule has 0 radical (unpaired) electrons. The highest BCUT2D eigenvalue weighted by atomic mass is 19.1. The molecule has 0 aromatic heterocycles. The molecule has 5 heteroatoms. The van der Waals surface area contributed by atoms with E-state index >= 15 is 0 Å². The van der Waals surface area contributed by atoms with Gasteiger partial charge in [-0.05, 0) is 66.8 Å². The quantitative estimate of drug-likeness (QED) is 0.511. The molecule has 162 valence electrons. The minimum absolute atomic E-state index is 0.0821. The van der Waals surface area contributed by atoms with Crippen LogP contribution in [0.5, 0.6) is 5.75 Å². The fraction of sp³-hybridized carbons (Fsp3) is 0.346. The van der Waals surface area contributed by atoms with Gasteiger partial charge in [-0.1, -0.05) is 42.5 Å². The predicted octanol–water partition coefficient (Wildman–Crippen LogP) is 5.52. The van der Waals surface area contributed by atoms with E-state index in [9.17, 15) is 9.18 Å². The summed E-state index contributed by atoms with van der Waals surface area (Å²) in [5.41, 5.74) is 2.42. The van der Waals surface area contributed by atoms with Crippen LogP contribution in [-0.2, 0) is 9.53 Å². The molecule has 3 aromatic carbocycles. The van der Waals surface area contributed by atoms with E-state index < -0.39 is 5.97 Å². The fourth-order valence-electron chi connectivity index (χ4n) is 4.58. The van der Waals surface area contributed by atoms with E-state index in [0.717, 1.165) is 30.2 Å². The number of hydrogen-bond donors (Lipinski definition) is 1. The van der Waals surface area contributed by atoms with Gasteiger partial charge in [-0.25, -0.2) is 9.18 Å². The van der Waals surface area contributed by atoms with E-state index in [2.05, 4.69) is 29.1 Å². The van der Waals surface area contributed by atoms with Gasteiger partial charge in [0.05, 0.1) is 7.11 Å². The van der Waals surface area contributed by atoms with Gasteiger partial charge >= 0.3 is 5.97 Å². The summed E-state index contributed by atoms with van der Waals surface area (Å²) < 4.78 is 24.2. The van der Waals surface area contributed by atoms with Gasteiger partial charge in [-0.3, -0.25) is 0 Å². The van der Waals surface area contributed by atoms with Crippen LogP contribution in [-0.4, -0.2) is 25.7 Å². The molecule has 1 unspecified atom stereocenters. The number of hydrogen-bond acceptors (Lipinski definition) is 4. The Morgan fingerprint density at radius 1 is 1.06 bits per heavy atom. The number of benzene rings is 3. The van der Waals surface area contributed by atoms with E-state index in [1.165, 1.54) is 12.7 Å². The topological polar surface area (TPSA) is 47.6 Å². The predicted molar refractivity (Wildman–Crippen MR) is 120 cm³/mol. The van der Waals surface area contributed by atoms with Crippen LogP contribution in [0.4, 0.5) is 4.39 Å². The molecule has 1 N–H and O–H groups in total. The first-order valence-corrected chi connectivity index (χ1v) is 10.8. The van der Waals surface area contributed by atoms with Gasteiger partial charge in [0.25, 0.3) is 0 Å². The third-order valence-corrected chi connectivity index (χ3v) is 6.23. The average molecular weight is 422 g/mol. The second-order valence-electron chi connectivity index (χ2n) is 8.21. The molecule has 0 heterocycles. The Hall–Kier alpha value is -2.92. The molecule has 31 heavy (non-hydrogen) atoms. The van der Waals surface area contributed by atoms with Gasteiger partial charge in [-0.15, -0.1) is 0 Å². The summed E-state index contributed by atoms with van der Waals surface area (Å²) in [7, 11) is 1.35. The first kappa shape index (κ1) is 21.3. The smallest absolute Gasteiger partial charge is 0.343 e. The van der Waals surface area contributed by atoms with E-state index in [1.54, 1.807) is 6.07 Å². The van der Waals surface area contributed by atoms with E-state index in [1.807, 2.05) is 42.5 Å². The van der Waals surface area contributed by atoms with Crippen LogP contribution in [0.25, 0.3) is 10.8 Å². The minimum Gasteiger partial charge on any atom is -0.482 e. The maximum atomic E-state index is 14.2. The molecule has 0 bridgehead atoms. The van der Waals surface area contributed by atoms with Gasteiger partial charge in [0.15, 0.2) is 6.61 Å². The molecular formula is C26H28FNO3. The van der Waals surface area contributed by atoms with E-state index in [4.69, 9.17) is 4.74 Å². The minimum atomic E-state index is -0.392. The largest absolute Gasteiger partial charge is 0.482 e. The van der Waals surface area contributed by atoms with E-state index in [-0.39, 0.29) is 18.5 Å². The number of halogens is 1. The van der Waals surface area contributed by atoms with Crippen molar-refractivity contribution >= 4 is 16.7 Å². The molecule has 1 aliphatic carbocycles. The first-order valence-electron chi connectivity index (χ1n) is 10.8. The van der Waals surface area contributed by atoms with Crippen molar-refractivity contribution in [2.45, 2.75) is 44.2 Å². The van der Waals surface area contributed by atoms with Gasteiger partial charge < -0.3 is 14.8 Å². The Kier molecular flexibility index (Phi) is 6.52. The lowest BCUT2D eigenvalue weighted by Crippen LogP contribution is -2.29. The highest BCUT2D eigenvalue weighted by Gasteiger charge is 2.27. The second-order valence-corrected chi connectivity index (χ2v) is 8.21. The molecule has 3 atom stereocenters. The summed E-state index contributed by atoms with van der Waals surface area (Å²) in [6.45, 7) is 2.07. The summed E-state index contributed by atoms with van der Waals surface area (Å²) in [5.74, 6) is 0.589. The molecule has 4 nitrogen and oxygen atoms in total. The first-order chi connectivity index (χ1) is 15.0. The average Bonchev–Trinajstić information content (AvgIpc) is 3.26. The number of methoxy groups -OCH3 is 1. The lowest BCUT2D eigenvalue weighted by molar-refractivity contribution is -0.142. The highest BCUT2D eigenvalue weighted by Crippen LogP contribution is 2.36. The van der Waals surface area contributed by atoms with Crippen LogP contribution >= 0.6 is 0 Å². The van der Waals surface area contributed by atoms with Crippen molar-refractivity contribution in [1.29, 1.82) is 0 Å². The maximum Gasteiger partial charge on any atom is 0.343 e. The number of nitrogens with one attached hydrogen (secondary N) is 1. The number of carbonyl (C=O) groups is 1. The molecule has 3 aromatic rings. The van der Waals surface area contributed by atoms with Crippen molar-refractivity contribution < 1.29 is 18.7 Å². The van der Waals surface area contributed by atoms with Crippen LogP contribution in [0.1, 0.15) is 49.3 Å². The third kappa shape index (κ3) is 4.88. The number of carbonyl (C=O) groups excluding carboxylic acids is 1. The SMILES string of the molecule is COC(=O)COc1ccc([C@@H]2CCC(N[C@H](C)c3ccc(F)c4ccccc34)C2)cc1. The summed E-state index contributed by atoms with van der Waals surface area (Å²) in [5, 5.41) is 5.40. The Balaban J connectivity index is 1.37. The number of rotatable bonds is 7. The van der Waals surface area contributed by atoms with Crippen molar-refractivity contribution in [3.8, 4) is 5.75 Å². The number of fused-ring (bicyclic) bond motifs is 1. The van der Waals surface area contributed by atoms with Crippen molar-refractivity contribution in [1.82, 2.24) is 5.32 Å². The molecule has 1 fully saturated rings. The summed E-state index contributed by atoms with van der Waals surface area (Å²) in [4.78, 5) is 11.2. The second kappa shape index (κ2) is 9.48. The number of ether oxygens (including phenoxy) is 2. The van der Waals surface area contributed by atoms with Crippen LogP contribution in [0, 0.1) is 5.82 Å². The Morgan fingerprint density at radius 3 is 2.55 bits per heavy atom.